The van der Waals surface area contributed by atoms with Crippen LogP contribution in [0.2, 0.25) is 20.1 Å². The molecule has 0 radical (unpaired) electrons. The summed E-state index contributed by atoms with van der Waals surface area (Å²) >= 11 is 27.3. The Morgan fingerprint density at radius 2 is 1.31 bits per heavy atom. The summed E-state index contributed by atoms with van der Waals surface area (Å²) in [5.41, 5.74) is 2.53. The molecule has 6 heterocycles. The Morgan fingerprint density at radius 1 is 0.784 bits per heavy atom. The van der Waals surface area contributed by atoms with Crippen molar-refractivity contribution in [2.45, 2.75) is 23.5 Å². The average molecular weight is 827 g/mol. The summed E-state index contributed by atoms with van der Waals surface area (Å²) in [6.07, 6.45) is 3.46. The molecule has 51 heavy (non-hydrogen) atoms. The van der Waals surface area contributed by atoms with E-state index in [2.05, 4.69) is 10.2 Å². The first-order chi connectivity index (χ1) is 24.4. The van der Waals surface area contributed by atoms with Gasteiger partial charge in [0.05, 0.1) is 26.1 Å². The molecule has 18 heteroatoms. The highest BCUT2D eigenvalue weighted by Gasteiger charge is 2.28. The van der Waals surface area contributed by atoms with Crippen LogP contribution >= 0.6 is 69.1 Å². The first-order valence-corrected chi connectivity index (χ1v) is 19.5. The Hall–Kier alpha value is -3.73. The number of nitrogens with zero attached hydrogens (tertiary/aromatic N) is 4. The number of hydrogen-bond acceptors (Lipinski definition) is 8. The van der Waals surface area contributed by atoms with Gasteiger partial charge in [-0.15, -0.1) is 22.7 Å². The molecule has 0 amide bonds. The van der Waals surface area contributed by atoms with Gasteiger partial charge in [-0.2, -0.15) is 18.6 Å². The highest BCUT2D eigenvalue weighted by Crippen LogP contribution is 2.43. The maximum atomic E-state index is 15.8. The average Bonchev–Trinajstić information content (AvgIpc) is 3.89. The Morgan fingerprint density at radius 3 is 1.84 bits per heavy atom. The standard InChI is InChI=1S/C33H18Cl4F2N4O5S3/c34-15-6-8-21(17(36)12-15)42-28-30(47-23-10-11-49-32(23)28)26(40-42)19(38)4-2-1-3-5-20(39)27-31-29(33-24(48-31)14-25(50-33)51(44,45)46)43(41-27)22-9-7-16(35)13-18(22)37/h4-14H,1-3H2,(H,44,45,46)/b19-4-,20-5-. The number of thiophene rings is 2. The maximum Gasteiger partial charge on any atom is 0.304 e. The number of furan rings is 2. The third-order valence-corrected chi connectivity index (χ3v) is 12.3. The van der Waals surface area contributed by atoms with E-state index in [1.807, 2.05) is 5.38 Å². The van der Waals surface area contributed by atoms with Crippen LogP contribution in [0.5, 0.6) is 0 Å². The van der Waals surface area contributed by atoms with Crippen molar-refractivity contribution in [3.05, 3.63) is 97.5 Å². The molecule has 0 unspecified atom stereocenters. The lowest BCUT2D eigenvalue weighted by atomic mass is 10.2. The van der Waals surface area contributed by atoms with E-state index in [0.717, 1.165) is 22.1 Å². The smallest absolute Gasteiger partial charge is 0.304 e. The molecule has 6 aromatic heterocycles. The third-order valence-electron chi connectivity index (χ3n) is 7.88. The van der Waals surface area contributed by atoms with Crippen LogP contribution in [-0.2, 0) is 10.1 Å². The molecule has 8 aromatic rings. The van der Waals surface area contributed by atoms with E-state index < -0.39 is 21.8 Å². The fourth-order valence-corrected chi connectivity index (χ4v) is 9.22. The monoisotopic (exact) mass is 824 g/mol. The number of fused-ring (bicyclic) bond motifs is 6. The third kappa shape index (κ3) is 6.07. The second kappa shape index (κ2) is 13.0. The van der Waals surface area contributed by atoms with Crippen molar-refractivity contribution in [3.8, 4) is 11.4 Å². The zero-order chi connectivity index (χ0) is 35.8. The summed E-state index contributed by atoms with van der Waals surface area (Å²) in [5.74, 6) is -1.34. The molecule has 0 aliphatic rings. The molecule has 0 saturated heterocycles. The number of hydrogen-bond donors (Lipinski definition) is 1. The van der Waals surface area contributed by atoms with Gasteiger partial charge in [0.2, 0.25) is 0 Å². The van der Waals surface area contributed by atoms with Crippen LogP contribution in [0.3, 0.4) is 0 Å². The normalized spacial score (nSPS) is 13.2. The Balaban J connectivity index is 1.08. The zero-order valence-electron chi connectivity index (χ0n) is 25.3. The van der Waals surface area contributed by atoms with Crippen LogP contribution in [0.4, 0.5) is 8.78 Å². The van der Waals surface area contributed by atoms with Gasteiger partial charge in [0.1, 0.15) is 26.9 Å². The fraction of sp³-hybridized carbons (Fsp3) is 0.0909. The van der Waals surface area contributed by atoms with Gasteiger partial charge in [-0.25, -0.2) is 18.1 Å². The summed E-state index contributed by atoms with van der Waals surface area (Å²) in [5, 5.41) is 12.1. The van der Waals surface area contributed by atoms with Crippen molar-refractivity contribution in [2.75, 3.05) is 0 Å². The summed E-state index contributed by atoms with van der Waals surface area (Å²) in [6.45, 7) is 0. The van der Waals surface area contributed by atoms with E-state index in [4.69, 9.17) is 55.2 Å². The van der Waals surface area contributed by atoms with Crippen LogP contribution in [0, 0.1) is 0 Å². The first-order valence-electron chi connectivity index (χ1n) is 14.8. The second-order valence-electron chi connectivity index (χ2n) is 11.2. The SMILES string of the molecule is O=S(=O)(O)c1cc2oc3c(/C(F)=C/CCC/C=C(\F)c4nn(-c5ccc(Cl)cc5Cl)c5c4oc4ccsc45)nn(-c4ccc(Cl)cc4Cl)c3c2s1. The molecular formula is C33H18Cl4F2N4O5S3. The van der Waals surface area contributed by atoms with Crippen molar-refractivity contribution in [1.29, 1.82) is 0 Å². The second-order valence-corrected chi connectivity index (χ2v) is 16.5. The van der Waals surface area contributed by atoms with Gasteiger partial charge in [-0.05, 0) is 79.3 Å². The number of benzene rings is 2. The molecular weight excluding hydrogens is 808 g/mol. The summed E-state index contributed by atoms with van der Waals surface area (Å²) in [4.78, 5) is 0. The zero-order valence-corrected chi connectivity index (χ0v) is 30.8. The number of allylic oxidation sites excluding steroid dienone is 2. The Bertz CT molecular complexity index is 2860. The molecule has 0 spiro atoms. The van der Waals surface area contributed by atoms with E-state index in [9.17, 15) is 13.0 Å². The maximum absolute atomic E-state index is 15.8. The van der Waals surface area contributed by atoms with Crippen molar-refractivity contribution < 1.29 is 30.6 Å². The summed E-state index contributed by atoms with van der Waals surface area (Å²) in [6, 6.07) is 12.5. The van der Waals surface area contributed by atoms with E-state index in [-0.39, 0.29) is 55.7 Å². The molecule has 0 aliphatic heterocycles. The van der Waals surface area contributed by atoms with Crippen molar-refractivity contribution in [2.24, 2.45) is 0 Å². The van der Waals surface area contributed by atoms with Gasteiger partial charge in [0, 0.05) is 16.1 Å². The van der Waals surface area contributed by atoms with Gasteiger partial charge in [0.15, 0.2) is 38.4 Å². The molecule has 260 valence electrons. The quantitative estimate of drug-likeness (QED) is 0.114. The fourth-order valence-electron chi connectivity index (χ4n) is 5.63. The number of aromatic nitrogens is 4. The van der Waals surface area contributed by atoms with Crippen LogP contribution in [0.1, 0.15) is 30.7 Å². The molecule has 0 bridgehead atoms. The predicted molar refractivity (Wildman–Crippen MR) is 199 cm³/mol. The molecule has 0 fully saturated rings. The molecule has 9 nitrogen and oxygen atoms in total. The van der Waals surface area contributed by atoms with Crippen LogP contribution in [-0.4, -0.2) is 32.5 Å². The van der Waals surface area contributed by atoms with Gasteiger partial charge < -0.3 is 8.83 Å². The predicted octanol–water partition coefficient (Wildman–Crippen LogP) is 12.3. The topological polar surface area (TPSA) is 116 Å². The molecule has 0 aliphatic carbocycles. The number of unbranched alkanes of at least 4 members (excludes halogenated alkanes) is 2. The lowest BCUT2D eigenvalue weighted by molar-refractivity contribution is 0.485. The van der Waals surface area contributed by atoms with Gasteiger partial charge in [-0.1, -0.05) is 46.4 Å². The van der Waals surface area contributed by atoms with Crippen LogP contribution in [0.25, 0.3) is 65.8 Å². The number of rotatable bonds is 9. The Kier molecular flexibility index (Phi) is 8.79. The minimum absolute atomic E-state index is 0.00451. The highest BCUT2D eigenvalue weighted by atomic mass is 35.5. The van der Waals surface area contributed by atoms with Gasteiger partial charge in [0.25, 0.3) is 0 Å². The molecule has 2 aromatic carbocycles. The van der Waals surface area contributed by atoms with E-state index >= 15 is 8.78 Å². The largest absolute Gasteiger partial charge is 0.451 e. The van der Waals surface area contributed by atoms with E-state index in [1.165, 1.54) is 38.9 Å². The minimum Gasteiger partial charge on any atom is -0.451 e. The van der Waals surface area contributed by atoms with E-state index in [1.54, 1.807) is 36.4 Å². The molecule has 0 saturated carbocycles. The molecule has 1 N–H and O–H groups in total. The van der Waals surface area contributed by atoms with Crippen molar-refractivity contribution in [3.63, 3.8) is 0 Å². The van der Waals surface area contributed by atoms with Gasteiger partial charge in [-0.3, -0.25) is 4.55 Å². The molecule has 8 rings (SSSR count). The van der Waals surface area contributed by atoms with Crippen LogP contribution < -0.4 is 0 Å². The van der Waals surface area contributed by atoms with Crippen molar-refractivity contribution in [1.82, 2.24) is 19.6 Å². The lowest BCUT2D eigenvalue weighted by Crippen LogP contribution is -1.98. The number of halogens is 6. The van der Waals surface area contributed by atoms with Crippen LogP contribution in [0.15, 0.2) is 79.1 Å². The van der Waals surface area contributed by atoms with Crippen molar-refractivity contribution >= 4 is 134 Å². The minimum atomic E-state index is -4.53. The van der Waals surface area contributed by atoms with Gasteiger partial charge >= 0.3 is 10.1 Å². The summed E-state index contributed by atoms with van der Waals surface area (Å²) < 4.78 is 80.1. The summed E-state index contributed by atoms with van der Waals surface area (Å²) in [7, 11) is -4.53. The van der Waals surface area contributed by atoms with E-state index in [0.29, 0.717) is 48.7 Å². The first kappa shape index (κ1) is 34.4. The lowest BCUT2D eigenvalue weighted by Gasteiger charge is -2.05. The Labute approximate surface area is 314 Å². The molecule has 0 atom stereocenters. The highest BCUT2D eigenvalue weighted by molar-refractivity contribution is 7.88.